The van der Waals surface area contributed by atoms with Crippen molar-refractivity contribution in [2.45, 2.75) is 196 Å². The van der Waals surface area contributed by atoms with E-state index in [2.05, 4.69) is 103 Å². The van der Waals surface area contributed by atoms with Gasteiger partial charge in [-0.25, -0.2) is 0 Å². The van der Waals surface area contributed by atoms with E-state index in [1.165, 1.54) is 0 Å². The second kappa shape index (κ2) is 20.0. The Kier molecular flexibility index (Phi) is 15.0. The molecule has 0 amide bonds. The number of aliphatic hydroxyl groups is 1. The van der Waals surface area contributed by atoms with Crippen LogP contribution in [0.5, 0.6) is 11.5 Å². The number of rotatable bonds is 18. The largest absolute Gasteiger partial charge is 0.506 e. The molecule has 8 nitrogen and oxygen atoms in total. The first kappa shape index (κ1) is 49.4. The summed E-state index contributed by atoms with van der Waals surface area (Å²) in [7, 11) is 0. The summed E-state index contributed by atoms with van der Waals surface area (Å²) in [5.74, 6) is 1.69. The zero-order chi connectivity index (χ0) is 47.6. The van der Waals surface area contributed by atoms with Crippen molar-refractivity contribution in [2.24, 2.45) is 22.7 Å². The number of ketones is 1. The van der Waals surface area contributed by atoms with Gasteiger partial charge in [0.15, 0.2) is 5.71 Å². The van der Waals surface area contributed by atoms with Crippen molar-refractivity contribution in [3.63, 3.8) is 0 Å². The number of esters is 2. The highest BCUT2D eigenvalue weighted by molar-refractivity contribution is 6.24. The summed E-state index contributed by atoms with van der Waals surface area (Å²) < 4.78 is 14.9. The van der Waals surface area contributed by atoms with Gasteiger partial charge in [0.1, 0.15) is 23.8 Å². The van der Waals surface area contributed by atoms with Crippen LogP contribution in [0.1, 0.15) is 196 Å². The summed E-state index contributed by atoms with van der Waals surface area (Å²) in [4.78, 5) is 44.7. The zero-order valence-electron chi connectivity index (χ0n) is 42.3. The van der Waals surface area contributed by atoms with Crippen LogP contribution in [0.25, 0.3) is 0 Å². The maximum Gasteiger partial charge on any atom is 0.317 e. The first-order valence-electron chi connectivity index (χ1n) is 26.2. The summed E-state index contributed by atoms with van der Waals surface area (Å²) in [6.45, 7) is 22.9. The van der Waals surface area contributed by atoms with E-state index in [9.17, 15) is 19.5 Å². The molecular formula is C58H81N2O6+. The van der Waals surface area contributed by atoms with E-state index in [1.807, 2.05) is 24.3 Å². The SMILES string of the molecule is CCC(CC)(CC)C(=O)Oc1ccc2c(c1)C1(CCCCC1)C(C=C1C(=O)C(/C=C3\N(CCC(C)C)c4ccc(OC(=O)C(CC)(CC)CC)cc4C34CCCCC4)=C1O)=[N+]2CCC(C)C. The summed E-state index contributed by atoms with van der Waals surface area (Å²) in [5.41, 5.74) is 5.66. The summed E-state index contributed by atoms with van der Waals surface area (Å²) in [5, 5.41) is 12.2. The number of hydrogen-bond acceptors (Lipinski definition) is 7. The number of benzene rings is 2. The zero-order valence-corrected chi connectivity index (χ0v) is 42.3. The molecule has 0 atom stereocenters. The van der Waals surface area contributed by atoms with Crippen molar-refractivity contribution in [3.05, 3.63) is 82.3 Å². The van der Waals surface area contributed by atoms with Crippen molar-refractivity contribution in [1.29, 1.82) is 0 Å². The Balaban J connectivity index is 1.31. The van der Waals surface area contributed by atoms with E-state index < -0.39 is 10.8 Å². The fourth-order valence-corrected chi connectivity index (χ4v) is 12.3. The van der Waals surface area contributed by atoms with Gasteiger partial charge >= 0.3 is 11.9 Å². The number of hydrogen-bond donors (Lipinski definition) is 1. The molecule has 358 valence electrons. The van der Waals surface area contributed by atoms with Gasteiger partial charge in [-0.15, -0.1) is 0 Å². The highest BCUT2D eigenvalue weighted by Gasteiger charge is 2.54. The number of nitrogens with zero attached hydrogens (tertiary/aromatic N) is 2. The van der Waals surface area contributed by atoms with Crippen LogP contribution in [0.2, 0.25) is 0 Å². The molecule has 5 aliphatic rings. The van der Waals surface area contributed by atoms with E-state index in [-0.39, 0.29) is 34.3 Å². The van der Waals surface area contributed by atoms with E-state index in [1.54, 1.807) is 0 Å². The van der Waals surface area contributed by atoms with Gasteiger partial charge in [0, 0.05) is 47.5 Å². The quantitative estimate of drug-likeness (QED) is 0.0689. The average Bonchev–Trinajstić information content (AvgIpc) is 3.70. The summed E-state index contributed by atoms with van der Waals surface area (Å²) in [6.07, 6.45) is 20.5. The Bertz CT molecular complexity index is 2270. The molecule has 0 bridgehead atoms. The van der Waals surface area contributed by atoms with Crippen molar-refractivity contribution >= 4 is 34.8 Å². The van der Waals surface area contributed by atoms with Gasteiger partial charge < -0.3 is 19.5 Å². The lowest BCUT2D eigenvalue weighted by atomic mass is 9.66. The molecule has 2 spiro atoms. The fourth-order valence-electron chi connectivity index (χ4n) is 12.3. The third kappa shape index (κ3) is 8.66. The Hall–Kier alpha value is -4.46. The highest BCUT2D eigenvalue weighted by Crippen LogP contribution is 2.57. The molecule has 66 heavy (non-hydrogen) atoms. The third-order valence-electron chi connectivity index (χ3n) is 17.3. The van der Waals surface area contributed by atoms with E-state index in [0.717, 1.165) is 163 Å². The number of fused-ring (bicyclic) bond motifs is 4. The lowest BCUT2D eigenvalue weighted by molar-refractivity contribution is -0.439. The Morgan fingerprint density at radius 2 is 1.20 bits per heavy atom. The van der Waals surface area contributed by atoms with Crippen molar-refractivity contribution in [3.8, 4) is 11.5 Å². The lowest BCUT2D eigenvalue weighted by Crippen LogP contribution is -2.38. The van der Waals surface area contributed by atoms with Crippen molar-refractivity contribution < 1.29 is 33.5 Å². The molecule has 1 N–H and O–H groups in total. The smallest absolute Gasteiger partial charge is 0.317 e. The van der Waals surface area contributed by atoms with Gasteiger partial charge in [-0.1, -0.05) is 108 Å². The van der Waals surface area contributed by atoms with Crippen molar-refractivity contribution in [1.82, 2.24) is 0 Å². The second-order valence-electron chi connectivity index (χ2n) is 21.3. The molecule has 0 radical (unpaired) electrons. The van der Waals surface area contributed by atoms with Gasteiger partial charge in [-0.05, 0) is 124 Å². The van der Waals surface area contributed by atoms with Gasteiger partial charge in [0.2, 0.25) is 11.5 Å². The van der Waals surface area contributed by atoms with Gasteiger partial charge in [0.25, 0.3) is 0 Å². The molecule has 8 heteroatoms. The predicted octanol–water partition coefficient (Wildman–Crippen LogP) is 14.3. The van der Waals surface area contributed by atoms with E-state index >= 15 is 0 Å². The van der Waals surface area contributed by atoms with Gasteiger partial charge in [0.05, 0.1) is 27.4 Å². The van der Waals surface area contributed by atoms with Crippen LogP contribution in [0.3, 0.4) is 0 Å². The number of ether oxygens (including phenoxy) is 2. The molecule has 0 saturated heterocycles. The molecule has 2 aromatic carbocycles. The maximum absolute atomic E-state index is 14.8. The third-order valence-corrected chi connectivity index (χ3v) is 17.3. The molecule has 2 aliphatic heterocycles. The molecule has 2 saturated carbocycles. The number of anilines is 1. The minimum absolute atomic E-state index is 0.0609. The first-order chi connectivity index (χ1) is 31.6. The highest BCUT2D eigenvalue weighted by atomic mass is 16.5. The molecule has 2 aromatic rings. The second-order valence-corrected chi connectivity index (χ2v) is 21.3. The fraction of sp³-hybridized carbons (Fsp3) is 0.621. The average molecular weight is 902 g/mol. The molecule has 2 fully saturated rings. The number of carbonyl (C=O) groups excluding carboxylic acids is 3. The van der Waals surface area contributed by atoms with Gasteiger partial charge in [-0.3, -0.25) is 14.4 Å². The van der Waals surface area contributed by atoms with Crippen LogP contribution < -0.4 is 14.4 Å². The monoisotopic (exact) mass is 902 g/mol. The van der Waals surface area contributed by atoms with Crippen LogP contribution in [0.15, 0.2) is 71.2 Å². The standard InChI is InChI=1S/C58H80N2O6/c1-11-55(12-2,13-3)53(63)65-41-23-25-47-45(35-41)57(29-19-17-20-30-57)49(59(47)33-27-39(7)8)37-43-51(61)44(52(43)62)38-50-58(31-21-18-22-32-58)46-36-42(66-54(64)56(14-4,15-5)16-6)24-26-48(46)60(50)34-28-40(9)10/h23-26,35-40H,11-22,27-34H2,1-10H3/p+1. The lowest BCUT2D eigenvalue weighted by Gasteiger charge is -2.38. The van der Waals surface area contributed by atoms with Crippen LogP contribution in [-0.2, 0) is 25.2 Å². The van der Waals surface area contributed by atoms with Crippen LogP contribution in [0, 0.1) is 22.7 Å². The summed E-state index contributed by atoms with van der Waals surface area (Å²) in [6, 6.07) is 12.3. The number of carbonyl (C=O) groups is 3. The molecule has 3 aliphatic carbocycles. The molecule has 7 rings (SSSR count). The predicted molar refractivity (Wildman–Crippen MR) is 267 cm³/mol. The topological polar surface area (TPSA) is 96.2 Å². The normalized spacial score (nSPS) is 20.3. The van der Waals surface area contributed by atoms with Crippen LogP contribution in [0.4, 0.5) is 11.4 Å². The molecule has 2 heterocycles. The van der Waals surface area contributed by atoms with E-state index in [0.29, 0.717) is 34.5 Å². The van der Waals surface area contributed by atoms with E-state index in [4.69, 9.17) is 9.47 Å². The maximum atomic E-state index is 14.8. The van der Waals surface area contributed by atoms with Crippen LogP contribution in [-0.4, -0.2) is 46.2 Å². The molecule has 0 unspecified atom stereocenters. The molecule has 0 aromatic heterocycles. The summed E-state index contributed by atoms with van der Waals surface area (Å²) >= 11 is 0. The van der Waals surface area contributed by atoms with Crippen LogP contribution >= 0.6 is 0 Å². The van der Waals surface area contributed by atoms with Gasteiger partial charge in [-0.2, -0.15) is 4.58 Å². The number of Topliss-reactive ketones (excluding diaryl/α,β-unsaturated/α-hetero) is 1. The number of aliphatic hydroxyl groups excluding tert-OH is 1. The first-order valence-corrected chi connectivity index (χ1v) is 26.2. The Labute approximate surface area is 397 Å². The number of allylic oxidation sites excluding steroid dienone is 5. The van der Waals surface area contributed by atoms with Crippen molar-refractivity contribution in [2.75, 3.05) is 18.0 Å². The minimum atomic E-state index is -0.514. The minimum Gasteiger partial charge on any atom is -0.506 e. The Morgan fingerprint density at radius 1 is 0.697 bits per heavy atom. The molecular weight excluding hydrogens is 821 g/mol. The Morgan fingerprint density at radius 3 is 1.70 bits per heavy atom.